The summed E-state index contributed by atoms with van der Waals surface area (Å²) in [6.07, 6.45) is 1.72. The molecule has 2 aromatic carbocycles. The Kier molecular flexibility index (Phi) is 7.22. The van der Waals surface area contributed by atoms with E-state index in [1.54, 1.807) is 23.1 Å². The molecule has 0 unspecified atom stereocenters. The summed E-state index contributed by atoms with van der Waals surface area (Å²) in [7, 11) is 0. The number of nitrogens with one attached hydrogen (secondary N) is 1. The monoisotopic (exact) mass is 398 g/mol. The van der Waals surface area contributed by atoms with Gasteiger partial charge in [-0.25, -0.2) is 4.39 Å². The molecule has 5 nitrogen and oxygen atoms in total. The first-order valence-corrected chi connectivity index (χ1v) is 10.0. The van der Waals surface area contributed by atoms with E-state index in [2.05, 4.69) is 5.32 Å². The molecule has 2 aromatic rings. The van der Waals surface area contributed by atoms with E-state index in [-0.39, 0.29) is 30.2 Å². The van der Waals surface area contributed by atoms with Gasteiger partial charge in [0.25, 0.3) is 5.91 Å². The first-order valence-electron chi connectivity index (χ1n) is 10.0. The third-order valence-electron chi connectivity index (χ3n) is 5.22. The molecule has 0 bridgehead atoms. The molecule has 1 heterocycles. The predicted octanol–water partition coefficient (Wildman–Crippen LogP) is 3.11. The summed E-state index contributed by atoms with van der Waals surface area (Å²) in [6.45, 7) is 3.47. The topological polar surface area (TPSA) is 58.6 Å². The maximum absolute atomic E-state index is 13.6. The molecule has 1 aliphatic heterocycles. The van der Waals surface area contributed by atoms with E-state index in [9.17, 15) is 14.0 Å². The highest BCUT2D eigenvalue weighted by molar-refractivity contribution is 5.80. The molecule has 1 aliphatic rings. The summed E-state index contributed by atoms with van der Waals surface area (Å²) in [6, 6.07) is 14.2. The van der Waals surface area contributed by atoms with Gasteiger partial charge in [0.15, 0.2) is 6.61 Å². The van der Waals surface area contributed by atoms with Crippen LogP contribution in [0.3, 0.4) is 0 Å². The highest BCUT2D eigenvalue weighted by Gasteiger charge is 2.27. The van der Waals surface area contributed by atoms with Crippen LogP contribution in [0.1, 0.15) is 24.0 Å². The predicted molar refractivity (Wildman–Crippen MR) is 109 cm³/mol. The van der Waals surface area contributed by atoms with Crippen molar-refractivity contribution in [2.45, 2.75) is 26.2 Å². The fraction of sp³-hybridized carbons (Fsp3) is 0.391. The zero-order valence-corrected chi connectivity index (χ0v) is 16.7. The van der Waals surface area contributed by atoms with Crippen molar-refractivity contribution in [2.24, 2.45) is 5.92 Å². The number of piperidine rings is 1. The van der Waals surface area contributed by atoms with Crippen LogP contribution in [0.4, 0.5) is 4.39 Å². The Labute approximate surface area is 170 Å². The Hall–Kier alpha value is -2.89. The second-order valence-corrected chi connectivity index (χ2v) is 7.39. The number of hydrogen-bond donors (Lipinski definition) is 1. The van der Waals surface area contributed by atoms with Gasteiger partial charge >= 0.3 is 0 Å². The fourth-order valence-corrected chi connectivity index (χ4v) is 3.50. The minimum Gasteiger partial charge on any atom is -0.484 e. The van der Waals surface area contributed by atoms with Crippen LogP contribution in [0.15, 0.2) is 48.5 Å². The van der Waals surface area contributed by atoms with E-state index in [0.29, 0.717) is 50.2 Å². The highest BCUT2D eigenvalue weighted by Crippen LogP contribution is 2.18. The Balaban J connectivity index is 1.37. The van der Waals surface area contributed by atoms with E-state index in [0.717, 1.165) is 5.56 Å². The van der Waals surface area contributed by atoms with E-state index >= 15 is 0 Å². The third kappa shape index (κ3) is 6.04. The fourth-order valence-electron chi connectivity index (χ4n) is 3.50. The zero-order valence-electron chi connectivity index (χ0n) is 16.7. The summed E-state index contributed by atoms with van der Waals surface area (Å²) >= 11 is 0. The molecule has 29 heavy (non-hydrogen) atoms. The Morgan fingerprint density at radius 1 is 1.14 bits per heavy atom. The van der Waals surface area contributed by atoms with Gasteiger partial charge in [0, 0.05) is 25.6 Å². The number of likely N-dealkylation sites (tertiary alicyclic amines) is 1. The smallest absolute Gasteiger partial charge is 0.260 e. The SMILES string of the molecule is Cc1cccc(OCC(=O)N2CCC(C(=O)NCCc3ccccc3F)CC2)c1. The zero-order chi connectivity index (χ0) is 20.6. The van der Waals surface area contributed by atoms with Crippen molar-refractivity contribution >= 4 is 11.8 Å². The Bertz CT molecular complexity index is 848. The van der Waals surface area contributed by atoms with Crippen molar-refractivity contribution in [3.05, 3.63) is 65.5 Å². The maximum Gasteiger partial charge on any atom is 0.260 e. The number of carbonyl (C=O) groups excluding carboxylic acids is 2. The molecule has 0 spiro atoms. The van der Waals surface area contributed by atoms with Gasteiger partial charge in [0.2, 0.25) is 5.91 Å². The van der Waals surface area contributed by atoms with Crippen LogP contribution in [-0.2, 0) is 16.0 Å². The third-order valence-corrected chi connectivity index (χ3v) is 5.22. The molecule has 0 aromatic heterocycles. The first-order chi connectivity index (χ1) is 14.0. The number of carbonyl (C=O) groups is 2. The summed E-state index contributed by atoms with van der Waals surface area (Å²) in [5.41, 5.74) is 1.68. The summed E-state index contributed by atoms with van der Waals surface area (Å²) in [5, 5.41) is 2.89. The summed E-state index contributed by atoms with van der Waals surface area (Å²) in [5.74, 6) is 0.232. The van der Waals surface area contributed by atoms with Gasteiger partial charge in [0.1, 0.15) is 11.6 Å². The molecule has 0 radical (unpaired) electrons. The van der Waals surface area contributed by atoms with Gasteiger partial charge in [-0.15, -0.1) is 0 Å². The molecular formula is C23H27FN2O3. The van der Waals surface area contributed by atoms with Crippen molar-refractivity contribution in [3.63, 3.8) is 0 Å². The minimum atomic E-state index is -0.249. The normalized spacial score (nSPS) is 14.5. The lowest BCUT2D eigenvalue weighted by Crippen LogP contribution is -2.44. The van der Waals surface area contributed by atoms with Gasteiger partial charge in [-0.2, -0.15) is 0 Å². The molecule has 0 aliphatic carbocycles. The highest BCUT2D eigenvalue weighted by atomic mass is 19.1. The molecule has 1 fully saturated rings. The number of nitrogens with zero attached hydrogens (tertiary/aromatic N) is 1. The second kappa shape index (κ2) is 10.0. The van der Waals surface area contributed by atoms with Crippen molar-refractivity contribution in [1.82, 2.24) is 10.2 Å². The number of ether oxygens (including phenoxy) is 1. The number of rotatable bonds is 7. The van der Waals surface area contributed by atoms with Gasteiger partial charge in [-0.1, -0.05) is 30.3 Å². The van der Waals surface area contributed by atoms with E-state index in [4.69, 9.17) is 4.74 Å². The summed E-state index contributed by atoms with van der Waals surface area (Å²) < 4.78 is 19.2. The molecule has 3 rings (SSSR count). The van der Waals surface area contributed by atoms with E-state index in [1.807, 2.05) is 31.2 Å². The van der Waals surface area contributed by atoms with Crippen LogP contribution < -0.4 is 10.1 Å². The van der Waals surface area contributed by atoms with Crippen LogP contribution in [0.25, 0.3) is 0 Å². The maximum atomic E-state index is 13.6. The van der Waals surface area contributed by atoms with Crippen molar-refractivity contribution < 1.29 is 18.7 Å². The average Bonchev–Trinajstić information content (AvgIpc) is 2.73. The molecule has 2 amide bonds. The standard InChI is InChI=1S/C23H27FN2O3/c1-17-5-4-7-20(15-17)29-16-22(27)26-13-10-19(11-14-26)23(28)25-12-9-18-6-2-3-8-21(18)24/h2-8,15,19H,9-14,16H2,1H3,(H,25,28). The molecule has 6 heteroatoms. The van der Waals surface area contributed by atoms with Gasteiger partial charge < -0.3 is 15.0 Å². The molecule has 0 saturated carbocycles. The largest absolute Gasteiger partial charge is 0.484 e. The average molecular weight is 398 g/mol. The number of amides is 2. The second-order valence-electron chi connectivity index (χ2n) is 7.39. The van der Waals surface area contributed by atoms with Crippen LogP contribution in [-0.4, -0.2) is 43.0 Å². The lowest BCUT2D eigenvalue weighted by atomic mass is 9.96. The minimum absolute atomic E-state index is 0.00293. The molecule has 0 atom stereocenters. The van der Waals surface area contributed by atoms with Crippen molar-refractivity contribution in [3.8, 4) is 5.75 Å². The van der Waals surface area contributed by atoms with Crippen molar-refractivity contribution in [1.29, 1.82) is 0 Å². The lowest BCUT2D eigenvalue weighted by Gasteiger charge is -2.31. The van der Waals surface area contributed by atoms with Crippen LogP contribution in [0.2, 0.25) is 0 Å². The number of halogens is 1. The van der Waals surface area contributed by atoms with Gasteiger partial charge in [-0.05, 0) is 55.5 Å². The molecule has 1 saturated heterocycles. The number of aryl methyl sites for hydroxylation is 1. The van der Waals surface area contributed by atoms with Crippen LogP contribution in [0.5, 0.6) is 5.75 Å². The van der Waals surface area contributed by atoms with Gasteiger partial charge in [-0.3, -0.25) is 9.59 Å². The number of hydrogen-bond acceptors (Lipinski definition) is 3. The Morgan fingerprint density at radius 2 is 1.90 bits per heavy atom. The summed E-state index contributed by atoms with van der Waals surface area (Å²) in [4.78, 5) is 26.5. The van der Waals surface area contributed by atoms with Crippen LogP contribution >= 0.6 is 0 Å². The molecular weight excluding hydrogens is 371 g/mol. The lowest BCUT2D eigenvalue weighted by molar-refractivity contribution is -0.137. The molecule has 1 N–H and O–H groups in total. The quantitative estimate of drug-likeness (QED) is 0.780. The van der Waals surface area contributed by atoms with E-state index in [1.165, 1.54) is 6.07 Å². The Morgan fingerprint density at radius 3 is 2.62 bits per heavy atom. The number of benzene rings is 2. The first kappa shape index (κ1) is 20.8. The van der Waals surface area contributed by atoms with Crippen molar-refractivity contribution in [2.75, 3.05) is 26.2 Å². The molecule has 154 valence electrons. The van der Waals surface area contributed by atoms with E-state index < -0.39 is 0 Å². The van der Waals surface area contributed by atoms with Crippen LogP contribution in [0, 0.1) is 18.7 Å². The van der Waals surface area contributed by atoms with Gasteiger partial charge in [0.05, 0.1) is 0 Å².